The van der Waals surface area contributed by atoms with E-state index in [1.807, 2.05) is 13.1 Å². The van der Waals surface area contributed by atoms with Crippen LogP contribution in [0.3, 0.4) is 0 Å². The normalized spacial score (nSPS) is 10.8. The van der Waals surface area contributed by atoms with E-state index in [9.17, 15) is 4.79 Å². The lowest BCUT2D eigenvalue weighted by Gasteiger charge is -2.06. The summed E-state index contributed by atoms with van der Waals surface area (Å²) in [6.07, 6.45) is 3.79. The highest BCUT2D eigenvalue weighted by molar-refractivity contribution is 6.40. The highest BCUT2D eigenvalue weighted by Gasteiger charge is 2.07. The maximum atomic E-state index is 11.7. The molecule has 0 saturated carbocycles. The molecule has 0 unspecified atom stereocenters. The summed E-state index contributed by atoms with van der Waals surface area (Å²) in [5.74, 6) is 0. The molecule has 90 valence electrons. The van der Waals surface area contributed by atoms with Crippen molar-refractivity contribution in [3.63, 3.8) is 0 Å². The van der Waals surface area contributed by atoms with Gasteiger partial charge in [-0.15, -0.1) is 0 Å². The summed E-state index contributed by atoms with van der Waals surface area (Å²) >= 11 is 11.4. The Balaban J connectivity index is 2.18. The van der Waals surface area contributed by atoms with E-state index in [2.05, 4.69) is 10.1 Å². The third-order valence-electron chi connectivity index (χ3n) is 2.47. The van der Waals surface area contributed by atoms with E-state index >= 15 is 0 Å². The lowest BCUT2D eigenvalue weighted by molar-refractivity contribution is 0.614. The van der Waals surface area contributed by atoms with E-state index in [4.69, 9.17) is 23.2 Å². The average molecular weight is 273 g/mol. The molecule has 0 spiro atoms. The fourth-order valence-electron chi connectivity index (χ4n) is 1.48. The van der Waals surface area contributed by atoms with E-state index in [1.165, 1.54) is 10.9 Å². The zero-order chi connectivity index (χ0) is 12.4. The van der Waals surface area contributed by atoms with Gasteiger partial charge in [0.25, 0.3) is 5.56 Å². The van der Waals surface area contributed by atoms with Gasteiger partial charge in [0.2, 0.25) is 0 Å². The minimum Gasteiger partial charge on any atom is -0.298 e. The summed E-state index contributed by atoms with van der Waals surface area (Å²) in [5, 5.41) is 4.04. The van der Waals surface area contributed by atoms with Crippen molar-refractivity contribution in [2.24, 2.45) is 7.05 Å². The van der Waals surface area contributed by atoms with Crippen LogP contribution in [0.5, 0.6) is 0 Å². The van der Waals surface area contributed by atoms with Crippen LogP contribution >= 0.6 is 23.2 Å². The molecule has 0 aliphatic heterocycles. The molecule has 0 aromatic carbocycles. The summed E-state index contributed by atoms with van der Waals surface area (Å²) in [4.78, 5) is 15.6. The second-order valence-corrected chi connectivity index (χ2v) is 4.28. The molecule has 0 bridgehead atoms. The molecular weight excluding hydrogens is 263 g/mol. The molecule has 7 heteroatoms. The zero-order valence-corrected chi connectivity index (χ0v) is 10.6. The Morgan fingerprint density at radius 3 is 2.82 bits per heavy atom. The molecule has 0 aliphatic carbocycles. The second kappa shape index (κ2) is 4.89. The van der Waals surface area contributed by atoms with Gasteiger partial charge in [-0.25, -0.2) is 4.98 Å². The van der Waals surface area contributed by atoms with Crippen LogP contribution in [0.1, 0.15) is 5.69 Å². The van der Waals surface area contributed by atoms with E-state index < -0.39 is 0 Å². The van der Waals surface area contributed by atoms with Crippen LogP contribution in [0.2, 0.25) is 10.2 Å². The Labute approximate surface area is 108 Å². The van der Waals surface area contributed by atoms with Crippen molar-refractivity contribution < 1.29 is 0 Å². The molecule has 5 nitrogen and oxygen atoms in total. The van der Waals surface area contributed by atoms with Crippen LogP contribution in [0, 0.1) is 0 Å². The molecule has 0 saturated heterocycles. The van der Waals surface area contributed by atoms with Crippen molar-refractivity contribution in [3.8, 4) is 0 Å². The van der Waals surface area contributed by atoms with Gasteiger partial charge in [-0.05, 0) is 6.07 Å². The minimum absolute atomic E-state index is 0.0356. The standard InChI is InChI=1S/C10H10Cl2N4O/c1-15-7(2-4-14-15)3-5-16-6-13-9(12)8(11)10(16)17/h2,4,6H,3,5H2,1H3. The van der Waals surface area contributed by atoms with Gasteiger partial charge in [-0.1, -0.05) is 23.2 Å². The van der Waals surface area contributed by atoms with Crippen LogP contribution in [0.15, 0.2) is 23.4 Å². The van der Waals surface area contributed by atoms with Crippen LogP contribution in [-0.4, -0.2) is 19.3 Å². The van der Waals surface area contributed by atoms with Crippen molar-refractivity contribution in [2.75, 3.05) is 0 Å². The predicted molar refractivity (Wildman–Crippen MR) is 65.4 cm³/mol. The lowest BCUT2D eigenvalue weighted by Crippen LogP contribution is -2.22. The largest absolute Gasteiger partial charge is 0.298 e. The molecule has 0 fully saturated rings. The zero-order valence-electron chi connectivity index (χ0n) is 9.10. The van der Waals surface area contributed by atoms with Crippen molar-refractivity contribution in [3.05, 3.63) is 44.8 Å². The first kappa shape index (κ1) is 12.1. The third kappa shape index (κ3) is 2.50. The summed E-state index contributed by atoms with van der Waals surface area (Å²) in [6.45, 7) is 0.488. The van der Waals surface area contributed by atoms with Crippen LogP contribution in [0.25, 0.3) is 0 Å². The van der Waals surface area contributed by atoms with Gasteiger partial charge >= 0.3 is 0 Å². The number of hydrogen-bond acceptors (Lipinski definition) is 3. The van der Waals surface area contributed by atoms with E-state index in [-0.39, 0.29) is 15.7 Å². The second-order valence-electron chi connectivity index (χ2n) is 3.54. The first-order valence-electron chi connectivity index (χ1n) is 4.97. The van der Waals surface area contributed by atoms with Crippen molar-refractivity contribution >= 4 is 23.2 Å². The summed E-state index contributed by atoms with van der Waals surface area (Å²) in [6, 6.07) is 1.90. The van der Waals surface area contributed by atoms with E-state index in [1.54, 1.807) is 10.9 Å². The average Bonchev–Trinajstić information content (AvgIpc) is 2.71. The summed E-state index contributed by atoms with van der Waals surface area (Å²) in [7, 11) is 1.85. The first-order chi connectivity index (χ1) is 8.09. The molecular formula is C10H10Cl2N4O. The number of hydrogen-bond donors (Lipinski definition) is 0. The Kier molecular flexibility index (Phi) is 3.49. The van der Waals surface area contributed by atoms with Crippen molar-refractivity contribution in [1.82, 2.24) is 19.3 Å². The Morgan fingerprint density at radius 2 is 2.18 bits per heavy atom. The molecule has 2 aromatic heterocycles. The van der Waals surface area contributed by atoms with Gasteiger partial charge in [0, 0.05) is 31.9 Å². The van der Waals surface area contributed by atoms with Gasteiger partial charge in [0.1, 0.15) is 5.02 Å². The topological polar surface area (TPSA) is 52.7 Å². The molecule has 2 heterocycles. The highest BCUT2D eigenvalue weighted by atomic mass is 35.5. The SMILES string of the molecule is Cn1nccc1CCn1cnc(Cl)c(Cl)c1=O. The first-order valence-corrected chi connectivity index (χ1v) is 5.72. The lowest BCUT2D eigenvalue weighted by atomic mass is 10.3. The van der Waals surface area contributed by atoms with Crippen molar-refractivity contribution in [2.45, 2.75) is 13.0 Å². The maximum absolute atomic E-state index is 11.7. The Bertz CT molecular complexity index is 590. The molecule has 0 amide bonds. The quantitative estimate of drug-likeness (QED) is 0.797. The van der Waals surface area contributed by atoms with Gasteiger partial charge in [-0.3, -0.25) is 14.0 Å². The molecule has 17 heavy (non-hydrogen) atoms. The highest BCUT2D eigenvalue weighted by Crippen LogP contribution is 2.12. The summed E-state index contributed by atoms with van der Waals surface area (Å²) < 4.78 is 3.19. The Hall–Kier alpha value is -1.33. The van der Waals surface area contributed by atoms with E-state index in [0.29, 0.717) is 13.0 Å². The molecule has 0 aliphatic rings. The van der Waals surface area contributed by atoms with Crippen LogP contribution in [0.4, 0.5) is 0 Å². The van der Waals surface area contributed by atoms with Crippen LogP contribution in [-0.2, 0) is 20.0 Å². The molecule has 2 aromatic rings. The van der Waals surface area contributed by atoms with Gasteiger partial charge < -0.3 is 0 Å². The fourth-order valence-corrected chi connectivity index (χ4v) is 1.77. The number of nitrogens with zero attached hydrogens (tertiary/aromatic N) is 4. The van der Waals surface area contributed by atoms with Gasteiger partial charge in [0.05, 0.1) is 6.33 Å². The smallest absolute Gasteiger partial charge is 0.273 e. The number of aryl methyl sites for hydroxylation is 3. The number of rotatable bonds is 3. The fraction of sp³-hybridized carbons (Fsp3) is 0.300. The van der Waals surface area contributed by atoms with Crippen molar-refractivity contribution in [1.29, 1.82) is 0 Å². The molecule has 0 radical (unpaired) electrons. The predicted octanol–water partition coefficient (Wildman–Crippen LogP) is 1.53. The van der Waals surface area contributed by atoms with Gasteiger partial charge in [-0.2, -0.15) is 5.10 Å². The van der Waals surface area contributed by atoms with E-state index in [0.717, 1.165) is 5.69 Å². The van der Waals surface area contributed by atoms with Crippen LogP contribution < -0.4 is 5.56 Å². The monoisotopic (exact) mass is 272 g/mol. The minimum atomic E-state index is -0.325. The maximum Gasteiger partial charge on any atom is 0.273 e. The number of aromatic nitrogens is 4. The summed E-state index contributed by atoms with van der Waals surface area (Å²) in [5.41, 5.74) is 0.705. The van der Waals surface area contributed by atoms with Gasteiger partial charge in [0.15, 0.2) is 5.15 Å². The molecule has 0 atom stereocenters. The number of halogens is 2. The Morgan fingerprint density at radius 1 is 1.41 bits per heavy atom. The molecule has 2 rings (SSSR count). The molecule has 0 N–H and O–H groups in total. The third-order valence-corrected chi connectivity index (χ3v) is 3.20.